The average molecular weight is 264 g/mol. The fourth-order valence-corrected chi connectivity index (χ4v) is 1.59. The first-order chi connectivity index (χ1) is 6.00. The summed E-state index contributed by atoms with van der Waals surface area (Å²) in [6.45, 7) is 1.88. The van der Waals surface area contributed by atoms with E-state index in [2.05, 4.69) is 15.9 Å². The SMILES string of the molecule is Cc1cc(CC(=O)O)cc(Cl)c1Br. The molecule has 0 saturated heterocycles. The van der Waals surface area contributed by atoms with Gasteiger partial charge in [-0.2, -0.15) is 0 Å². The number of aliphatic carboxylic acids is 1. The smallest absolute Gasteiger partial charge is 0.307 e. The molecule has 0 aliphatic carbocycles. The maximum Gasteiger partial charge on any atom is 0.307 e. The Labute approximate surface area is 89.7 Å². The highest BCUT2D eigenvalue weighted by molar-refractivity contribution is 9.10. The highest BCUT2D eigenvalue weighted by atomic mass is 79.9. The monoisotopic (exact) mass is 262 g/mol. The Morgan fingerprint density at radius 3 is 2.69 bits per heavy atom. The molecule has 0 atom stereocenters. The molecule has 0 saturated carbocycles. The van der Waals surface area contributed by atoms with E-state index in [-0.39, 0.29) is 6.42 Å². The Balaban J connectivity index is 3.06. The van der Waals surface area contributed by atoms with Crippen LogP contribution in [0.5, 0.6) is 0 Å². The molecule has 2 nitrogen and oxygen atoms in total. The highest BCUT2D eigenvalue weighted by Gasteiger charge is 2.06. The molecule has 0 amide bonds. The molecule has 0 heterocycles. The van der Waals surface area contributed by atoms with Crippen molar-refractivity contribution in [2.24, 2.45) is 0 Å². The van der Waals surface area contributed by atoms with Crippen LogP contribution in [0.15, 0.2) is 16.6 Å². The van der Waals surface area contributed by atoms with Crippen LogP contribution in [0, 0.1) is 6.92 Å². The summed E-state index contributed by atoms with van der Waals surface area (Å²) in [6.07, 6.45) is 0.00778. The molecular formula is C9H8BrClO2. The van der Waals surface area contributed by atoms with E-state index < -0.39 is 5.97 Å². The van der Waals surface area contributed by atoms with E-state index in [1.54, 1.807) is 6.07 Å². The predicted octanol–water partition coefficient (Wildman–Crippen LogP) is 3.04. The third kappa shape index (κ3) is 2.71. The number of carboxylic acid groups (broad SMARTS) is 1. The summed E-state index contributed by atoms with van der Waals surface area (Å²) in [5.41, 5.74) is 1.67. The van der Waals surface area contributed by atoms with E-state index in [4.69, 9.17) is 16.7 Å². The summed E-state index contributed by atoms with van der Waals surface area (Å²) in [4.78, 5) is 10.4. The molecular weight excluding hydrogens is 255 g/mol. The van der Waals surface area contributed by atoms with Crippen molar-refractivity contribution >= 4 is 33.5 Å². The van der Waals surface area contributed by atoms with Gasteiger partial charge in [0, 0.05) is 4.47 Å². The molecule has 0 radical (unpaired) electrons. The molecule has 13 heavy (non-hydrogen) atoms. The summed E-state index contributed by atoms with van der Waals surface area (Å²) in [7, 11) is 0. The number of carboxylic acids is 1. The molecule has 1 aromatic rings. The lowest BCUT2D eigenvalue weighted by atomic mass is 10.1. The van der Waals surface area contributed by atoms with Gasteiger partial charge in [-0.25, -0.2) is 0 Å². The maximum absolute atomic E-state index is 10.4. The quantitative estimate of drug-likeness (QED) is 0.890. The van der Waals surface area contributed by atoms with Crippen LogP contribution in [0.4, 0.5) is 0 Å². The van der Waals surface area contributed by atoms with Gasteiger partial charge in [-0.3, -0.25) is 4.79 Å². The maximum atomic E-state index is 10.4. The molecule has 0 aliphatic heterocycles. The molecule has 0 bridgehead atoms. The molecule has 0 fully saturated rings. The van der Waals surface area contributed by atoms with Crippen molar-refractivity contribution < 1.29 is 9.90 Å². The number of carbonyl (C=O) groups is 1. The minimum Gasteiger partial charge on any atom is -0.481 e. The molecule has 0 aliphatic rings. The van der Waals surface area contributed by atoms with Gasteiger partial charge < -0.3 is 5.11 Å². The Hall–Kier alpha value is -0.540. The minimum absolute atomic E-state index is 0.00778. The van der Waals surface area contributed by atoms with E-state index in [1.807, 2.05) is 13.0 Å². The normalized spacial score (nSPS) is 10.1. The summed E-state index contributed by atoms with van der Waals surface area (Å²) < 4.78 is 0.823. The minimum atomic E-state index is -0.849. The topological polar surface area (TPSA) is 37.3 Å². The predicted molar refractivity (Wildman–Crippen MR) is 55.2 cm³/mol. The van der Waals surface area contributed by atoms with Crippen LogP contribution < -0.4 is 0 Å². The van der Waals surface area contributed by atoms with Gasteiger partial charge in [-0.15, -0.1) is 0 Å². The Morgan fingerprint density at radius 1 is 1.62 bits per heavy atom. The van der Waals surface area contributed by atoms with Crippen molar-refractivity contribution in [2.45, 2.75) is 13.3 Å². The standard InChI is InChI=1S/C9H8BrClO2/c1-5-2-6(4-8(12)13)3-7(11)9(5)10/h2-3H,4H2,1H3,(H,12,13). The van der Waals surface area contributed by atoms with Gasteiger partial charge in [0.05, 0.1) is 11.4 Å². The fraction of sp³-hybridized carbons (Fsp3) is 0.222. The number of halogens is 2. The molecule has 0 aromatic heterocycles. The van der Waals surface area contributed by atoms with Gasteiger partial charge in [0.15, 0.2) is 0 Å². The van der Waals surface area contributed by atoms with Crippen molar-refractivity contribution in [3.05, 3.63) is 32.8 Å². The van der Waals surface area contributed by atoms with Crippen LogP contribution in [0.3, 0.4) is 0 Å². The lowest BCUT2D eigenvalue weighted by molar-refractivity contribution is -0.136. The van der Waals surface area contributed by atoms with Gasteiger partial charge >= 0.3 is 5.97 Å². The van der Waals surface area contributed by atoms with E-state index >= 15 is 0 Å². The molecule has 0 spiro atoms. The van der Waals surface area contributed by atoms with E-state index in [0.717, 1.165) is 15.6 Å². The molecule has 1 rings (SSSR count). The summed E-state index contributed by atoms with van der Waals surface area (Å²) in [6, 6.07) is 3.47. The van der Waals surface area contributed by atoms with E-state index in [1.165, 1.54) is 0 Å². The number of hydrogen-bond acceptors (Lipinski definition) is 1. The fourth-order valence-electron chi connectivity index (χ4n) is 1.07. The molecule has 1 aromatic carbocycles. The van der Waals surface area contributed by atoms with Crippen LogP contribution in [-0.4, -0.2) is 11.1 Å². The third-order valence-corrected chi connectivity index (χ3v) is 3.20. The third-order valence-electron chi connectivity index (χ3n) is 1.63. The highest BCUT2D eigenvalue weighted by Crippen LogP contribution is 2.27. The lowest BCUT2D eigenvalue weighted by Gasteiger charge is -2.04. The lowest BCUT2D eigenvalue weighted by Crippen LogP contribution is -2.00. The number of benzene rings is 1. The van der Waals surface area contributed by atoms with Crippen LogP contribution in [0.25, 0.3) is 0 Å². The summed E-state index contributed by atoms with van der Waals surface area (Å²) >= 11 is 9.16. The second kappa shape index (κ2) is 4.11. The second-order valence-corrected chi connectivity index (χ2v) is 3.98. The number of hydrogen-bond donors (Lipinski definition) is 1. The average Bonchev–Trinajstić information content (AvgIpc) is 1.98. The molecule has 0 unspecified atom stereocenters. The summed E-state index contributed by atoms with van der Waals surface area (Å²) in [5, 5.41) is 9.12. The molecule has 1 N–H and O–H groups in total. The zero-order chi connectivity index (χ0) is 10.0. The number of aryl methyl sites for hydroxylation is 1. The first kappa shape index (κ1) is 10.5. The second-order valence-electron chi connectivity index (χ2n) is 2.78. The van der Waals surface area contributed by atoms with Gasteiger partial charge in [-0.1, -0.05) is 17.7 Å². The van der Waals surface area contributed by atoms with E-state index in [0.29, 0.717) is 5.02 Å². The van der Waals surface area contributed by atoms with Crippen molar-refractivity contribution in [1.29, 1.82) is 0 Å². The Morgan fingerprint density at radius 2 is 2.23 bits per heavy atom. The van der Waals surface area contributed by atoms with Gasteiger partial charge in [-0.05, 0) is 40.0 Å². The first-order valence-electron chi connectivity index (χ1n) is 3.67. The summed E-state index contributed by atoms with van der Waals surface area (Å²) in [5.74, 6) is -0.849. The first-order valence-corrected chi connectivity index (χ1v) is 4.84. The zero-order valence-corrected chi connectivity index (χ0v) is 9.32. The van der Waals surface area contributed by atoms with Crippen molar-refractivity contribution in [3.8, 4) is 0 Å². The molecule has 4 heteroatoms. The van der Waals surface area contributed by atoms with Crippen molar-refractivity contribution in [3.63, 3.8) is 0 Å². The van der Waals surface area contributed by atoms with Gasteiger partial charge in [0.2, 0.25) is 0 Å². The van der Waals surface area contributed by atoms with Crippen LogP contribution in [0.2, 0.25) is 5.02 Å². The van der Waals surface area contributed by atoms with Gasteiger partial charge in [0.25, 0.3) is 0 Å². The van der Waals surface area contributed by atoms with Crippen LogP contribution >= 0.6 is 27.5 Å². The van der Waals surface area contributed by atoms with Crippen molar-refractivity contribution in [2.75, 3.05) is 0 Å². The Bertz CT molecular complexity index is 326. The molecule has 70 valence electrons. The van der Waals surface area contributed by atoms with Crippen LogP contribution in [-0.2, 0) is 11.2 Å². The van der Waals surface area contributed by atoms with Gasteiger partial charge in [0.1, 0.15) is 0 Å². The van der Waals surface area contributed by atoms with E-state index in [9.17, 15) is 4.79 Å². The van der Waals surface area contributed by atoms with Crippen molar-refractivity contribution in [1.82, 2.24) is 0 Å². The largest absolute Gasteiger partial charge is 0.481 e. The van der Waals surface area contributed by atoms with Crippen LogP contribution in [0.1, 0.15) is 11.1 Å². The zero-order valence-electron chi connectivity index (χ0n) is 6.97. The Kier molecular flexibility index (Phi) is 3.33. The number of rotatable bonds is 2.